The number of hydrogen-bond donors (Lipinski definition) is 1. The van der Waals surface area contributed by atoms with Gasteiger partial charge in [-0.1, -0.05) is 0 Å². The molecule has 1 aliphatic carbocycles. The molecule has 3 nitrogen and oxygen atoms in total. The molecule has 1 heterocycles. The van der Waals surface area contributed by atoms with Crippen molar-refractivity contribution in [3.63, 3.8) is 0 Å². The van der Waals surface area contributed by atoms with Gasteiger partial charge in [0.1, 0.15) is 11.6 Å². The summed E-state index contributed by atoms with van der Waals surface area (Å²) in [6.45, 7) is 0. The second-order valence-corrected chi connectivity index (χ2v) is 4.18. The lowest BCUT2D eigenvalue weighted by molar-refractivity contribution is -0.120. The first-order chi connectivity index (χ1) is 7.25. The fourth-order valence-corrected chi connectivity index (χ4v) is 1.73. The number of hydrogen-bond acceptors (Lipinski definition) is 3. The van der Waals surface area contributed by atoms with Gasteiger partial charge in [-0.2, -0.15) is 0 Å². The van der Waals surface area contributed by atoms with Crippen LogP contribution in [0.2, 0.25) is 0 Å². The van der Waals surface area contributed by atoms with Crippen LogP contribution in [0, 0.1) is 5.92 Å². The Morgan fingerprint density at radius 2 is 2.33 bits per heavy atom. The average molecular weight is 204 g/mol. The fraction of sp³-hybridized carbons (Fsp3) is 0.500. The van der Waals surface area contributed by atoms with Crippen LogP contribution in [0.15, 0.2) is 18.3 Å². The molecule has 1 fully saturated rings. The summed E-state index contributed by atoms with van der Waals surface area (Å²) >= 11 is 0. The molecule has 0 unspecified atom stereocenters. The molecule has 0 bridgehead atoms. The monoisotopic (exact) mass is 204 g/mol. The highest BCUT2D eigenvalue weighted by Crippen LogP contribution is 2.31. The van der Waals surface area contributed by atoms with Gasteiger partial charge in [-0.3, -0.25) is 4.79 Å². The first kappa shape index (κ1) is 10.1. The van der Waals surface area contributed by atoms with Crippen molar-refractivity contribution < 1.29 is 4.79 Å². The number of pyridine rings is 1. The van der Waals surface area contributed by atoms with Gasteiger partial charge in [-0.05, 0) is 43.4 Å². The molecule has 2 N–H and O–H groups in total. The average Bonchev–Trinajstić information content (AvgIpc) is 3.00. The number of anilines is 1. The van der Waals surface area contributed by atoms with Gasteiger partial charge >= 0.3 is 0 Å². The highest BCUT2D eigenvalue weighted by molar-refractivity contribution is 5.83. The molecule has 0 spiro atoms. The van der Waals surface area contributed by atoms with E-state index in [-0.39, 0.29) is 0 Å². The zero-order valence-electron chi connectivity index (χ0n) is 8.78. The summed E-state index contributed by atoms with van der Waals surface area (Å²) in [5, 5.41) is 0. The van der Waals surface area contributed by atoms with Crippen molar-refractivity contribution >= 4 is 11.6 Å². The van der Waals surface area contributed by atoms with E-state index in [4.69, 9.17) is 5.73 Å². The normalized spacial score (nSPS) is 15.2. The van der Waals surface area contributed by atoms with E-state index in [1.54, 1.807) is 6.20 Å². The number of nitrogens with two attached hydrogens (primary N) is 1. The van der Waals surface area contributed by atoms with Crippen molar-refractivity contribution in [1.29, 1.82) is 0 Å². The summed E-state index contributed by atoms with van der Waals surface area (Å²) in [5.41, 5.74) is 6.74. The Bertz CT molecular complexity index is 358. The van der Waals surface area contributed by atoms with Crippen molar-refractivity contribution in [3.8, 4) is 0 Å². The lowest BCUT2D eigenvalue weighted by Crippen LogP contribution is -2.01. The third-order valence-corrected chi connectivity index (χ3v) is 2.77. The summed E-state index contributed by atoms with van der Waals surface area (Å²) in [6.07, 6.45) is 6.51. The number of carbonyl (C=O) groups is 1. The predicted molar refractivity (Wildman–Crippen MR) is 59.3 cm³/mol. The van der Waals surface area contributed by atoms with Gasteiger partial charge in [0.2, 0.25) is 0 Å². The third kappa shape index (κ3) is 3.05. The maximum Gasteiger partial charge on any atom is 0.135 e. The molecule has 1 aliphatic rings. The van der Waals surface area contributed by atoms with Crippen molar-refractivity contribution in [1.82, 2.24) is 4.98 Å². The number of ketones is 1. The van der Waals surface area contributed by atoms with E-state index in [9.17, 15) is 4.79 Å². The Morgan fingerprint density at radius 1 is 1.53 bits per heavy atom. The van der Waals surface area contributed by atoms with E-state index < -0.39 is 0 Å². The van der Waals surface area contributed by atoms with Crippen molar-refractivity contribution in [2.45, 2.75) is 32.1 Å². The van der Waals surface area contributed by atoms with Gasteiger partial charge in [-0.25, -0.2) is 4.98 Å². The Balaban J connectivity index is 1.75. The molecular weight excluding hydrogens is 188 g/mol. The number of Topliss-reactive ketones (excluding diaryl/α,β-unsaturated/α-hetero) is 1. The van der Waals surface area contributed by atoms with Crippen LogP contribution in [0.25, 0.3) is 0 Å². The van der Waals surface area contributed by atoms with E-state index in [0.717, 1.165) is 25.7 Å². The number of nitrogens with zero attached hydrogens (tertiary/aromatic N) is 1. The summed E-state index contributed by atoms with van der Waals surface area (Å²) in [6, 6.07) is 3.83. The summed E-state index contributed by atoms with van der Waals surface area (Å²) in [4.78, 5) is 15.4. The smallest absolute Gasteiger partial charge is 0.135 e. The standard InChI is InChI=1S/C12H16N2O/c13-12-8-9(6-7-14-12)2-1-3-11(15)10-4-5-10/h6-8,10H,1-5H2,(H2,13,14). The van der Waals surface area contributed by atoms with Crippen LogP contribution in [0.4, 0.5) is 5.82 Å². The second-order valence-electron chi connectivity index (χ2n) is 4.18. The van der Waals surface area contributed by atoms with E-state index in [2.05, 4.69) is 4.98 Å². The molecular formula is C12H16N2O. The van der Waals surface area contributed by atoms with Crippen molar-refractivity contribution in [3.05, 3.63) is 23.9 Å². The summed E-state index contributed by atoms with van der Waals surface area (Å²) in [5.74, 6) is 1.39. The van der Waals surface area contributed by atoms with Crippen LogP contribution < -0.4 is 5.73 Å². The van der Waals surface area contributed by atoms with Crippen LogP contribution in [0.1, 0.15) is 31.2 Å². The minimum atomic E-state index is 0.396. The molecule has 1 aromatic heterocycles. The minimum Gasteiger partial charge on any atom is -0.384 e. The number of carbonyl (C=O) groups excluding carboxylic acids is 1. The third-order valence-electron chi connectivity index (χ3n) is 2.77. The molecule has 0 saturated heterocycles. The molecule has 80 valence electrons. The van der Waals surface area contributed by atoms with Crippen LogP contribution in [0.5, 0.6) is 0 Å². The fourth-order valence-electron chi connectivity index (χ4n) is 1.73. The highest BCUT2D eigenvalue weighted by Gasteiger charge is 2.28. The van der Waals surface area contributed by atoms with Crippen LogP contribution in [-0.4, -0.2) is 10.8 Å². The minimum absolute atomic E-state index is 0.396. The molecule has 0 radical (unpaired) electrons. The molecule has 3 heteroatoms. The summed E-state index contributed by atoms with van der Waals surface area (Å²) in [7, 11) is 0. The Kier molecular flexibility index (Phi) is 2.99. The number of aryl methyl sites for hydroxylation is 1. The topological polar surface area (TPSA) is 56.0 Å². The van der Waals surface area contributed by atoms with Crippen molar-refractivity contribution in [2.75, 3.05) is 5.73 Å². The molecule has 15 heavy (non-hydrogen) atoms. The van der Waals surface area contributed by atoms with E-state index >= 15 is 0 Å². The Labute approximate surface area is 89.7 Å². The largest absolute Gasteiger partial charge is 0.384 e. The molecule has 0 aliphatic heterocycles. The zero-order chi connectivity index (χ0) is 10.7. The number of nitrogen functional groups attached to an aromatic ring is 1. The van der Waals surface area contributed by atoms with Gasteiger partial charge in [-0.15, -0.1) is 0 Å². The van der Waals surface area contributed by atoms with E-state index in [1.165, 1.54) is 5.56 Å². The highest BCUT2D eigenvalue weighted by atomic mass is 16.1. The SMILES string of the molecule is Nc1cc(CCCC(=O)C2CC2)ccn1. The molecule has 1 saturated carbocycles. The van der Waals surface area contributed by atoms with Gasteiger partial charge in [0.05, 0.1) is 0 Å². The van der Waals surface area contributed by atoms with E-state index in [1.807, 2.05) is 12.1 Å². The van der Waals surface area contributed by atoms with Gasteiger partial charge < -0.3 is 5.73 Å². The molecule has 0 aromatic carbocycles. The maximum absolute atomic E-state index is 11.4. The van der Waals surface area contributed by atoms with Gasteiger partial charge in [0.25, 0.3) is 0 Å². The first-order valence-corrected chi connectivity index (χ1v) is 5.49. The molecule has 0 atom stereocenters. The number of aromatic nitrogens is 1. The molecule has 2 rings (SSSR count). The lowest BCUT2D eigenvalue weighted by Gasteiger charge is -2.01. The Morgan fingerprint density at radius 3 is 3.00 bits per heavy atom. The number of rotatable bonds is 5. The maximum atomic E-state index is 11.4. The van der Waals surface area contributed by atoms with Crippen LogP contribution in [0.3, 0.4) is 0 Å². The van der Waals surface area contributed by atoms with E-state index in [0.29, 0.717) is 23.9 Å². The Hall–Kier alpha value is -1.38. The second kappa shape index (κ2) is 4.43. The van der Waals surface area contributed by atoms with Crippen molar-refractivity contribution in [2.24, 2.45) is 5.92 Å². The van der Waals surface area contributed by atoms with Gasteiger partial charge in [0, 0.05) is 18.5 Å². The lowest BCUT2D eigenvalue weighted by atomic mass is 10.1. The first-order valence-electron chi connectivity index (χ1n) is 5.49. The molecule has 0 amide bonds. The van der Waals surface area contributed by atoms with Crippen LogP contribution in [-0.2, 0) is 11.2 Å². The zero-order valence-corrected chi connectivity index (χ0v) is 8.78. The quantitative estimate of drug-likeness (QED) is 0.797. The van der Waals surface area contributed by atoms with Gasteiger partial charge in [0.15, 0.2) is 0 Å². The molecule has 1 aromatic rings. The predicted octanol–water partition coefficient (Wildman–Crippen LogP) is 1.97. The van der Waals surface area contributed by atoms with Crippen LogP contribution >= 0.6 is 0 Å². The summed E-state index contributed by atoms with van der Waals surface area (Å²) < 4.78 is 0.